The molecule has 2 amide bonds. The highest BCUT2D eigenvalue weighted by molar-refractivity contribution is 6.45. The highest BCUT2D eigenvalue weighted by Crippen LogP contribution is 2.25. The molecule has 0 spiro atoms. The van der Waals surface area contributed by atoms with Crippen LogP contribution < -0.4 is 10.6 Å². The summed E-state index contributed by atoms with van der Waals surface area (Å²) in [6, 6.07) is 12.3. The second kappa shape index (κ2) is 10.8. The summed E-state index contributed by atoms with van der Waals surface area (Å²) in [5, 5.41) is 6.45. The smallest absolute Gasteiger partial charge is 0.333 e. The number of nitrogens with one attached hydrogen (secondary N) is 2. The van der Waals surface area contributed by atoms with Gasteiger partial charge in [-0.05, 0) is 43.9 Å². The summed E-state index contributed by atoms with van der Waals surface area (Å²) in [4.78, 5) is 51.7. The van der Waals surface area contributed by atoms with Gasteiger partial charge in [0.15, 0.2) is 0 Å². The van der Waals surface area contributed by atoms with Gasteiger partial charge in [0.05, 0.1) is 11.3 Å². The molecule has 2 N–H and O–H groups in total. The molecule has 0 radical (unpaired) electrons. The summed E-state index contributed by atoms with van der Waals surface area (Å²) in [7, 11) is 3.84. The van der Waals surface area contributed by atoms with Gasteiger partial charge in [-0.2, -0.15) is 0 Å². The standard InChI is InChI=1S/C26H25ClN4O5/c1-30(2)10-9-28-25(34)17-5-8-20-21(24(33)26(35)29-19-12-23(32)36-15-19)14-31(22(20)11-17)13-16-3-6-18(27)7-4-16/h3-8,11-12,14H,9-10,13,15H2,1-2H3,(H,28,34)(H,29,35). The first kappa shape index (κ1) is 25.2. The first-order valence-electron chi connectivity index (χ1n) is 11.2. The number of likely N-dealkylation sites (N-methyl/N-ethyl adjacent to an activating group) is 1. The Morgan fingerprint density at radius 1 is 1.11 bits per heavy atom. The fourth-order valence-corrected chi connectivity index (χ4v) is 3.92. The molecule has 3 aromatic rings. The van der Waals surface area contributed by atoms with Gasteiger partial charge >= 0.3 is 5.97 Å². The minimum atomic E-state index is -0.879. The maximum atomic E-state index is 13.1. The Bertz CT molecular complexity index is 1370. The summed E-state index contributed by atoms with van der Waals surface area (Å²) >= 11 is 6.01. The summed E-state index contributed by atoms with van der Waals surface area (Å²) in [5.74, 6) is -2.45. The molecule has 0 unspecified atom stereocenters. The number of ketones is 1. The maximum absolute atomic E-state index is 13.1. The number of amides is 2. The number of carbonyl (C=O) groups excluding carboxylic acids is 4. The fourth-order valence-electron chi connectivity index (χ4n) is 3.80. The third-order valence-electron chi connectivity index (χ3n) is 5.64. The Hall–Kier alpha value is -3.95. The number of rotatable bonds is 9. The molecule has 10 heteroatoms. The lowest BCUT2D eigenvalue weighted by Gasteiger charge is -2.11. The van der Waals surface area contributed by atoms with Crippen LogP contribution in [0.25, 0.3) is 10.9 Å². The molecule has 0 fully saturated rings. The monoisotopic (exact) mass is 508 g/mol. The van der Waals surface area contributed by atoms with Crippen LogP contribution in [0.5, 0.6) is 0 Å². The quantitative estimate of drug-likeness (QED) is 0.261. The number of fused-ring (bicyclic) bond motifs is 1. The molecular formula is C26H25ClN4O5. The molecule has 0 atom stereocenters. The first-order chi connectivity index (χ1) is 17.2. The number of cyclic esters (lactones) is 1. The van der Waals surface area contributed by atoms with Crippen LogP contribution in [0, 0.1) is 0 Å². The van der Waals surface area contributed by atoms with Crippen LogP contribution in [0.1, 0.15) is 26.3 Å². The van der Waals surface area contributed by atoms with E-state index < -0.39 is 17.7 Å². The fraction of sp³-hybridized carbons (Fsp3) is 0.231. The van der Waals surface area contributed by atoms with Gasteiger partial charge < -0.3 is 24.8 Å². The predicted molar refractivity (Wildman–Crippen MR) is 135 cm³/mol. The SMILES string of the molecule is CN(C)CCNC(=O)c1ccc2c(C(=O)C(=O)NC3=CC(=O)OC3)cn(Cc3ccc(Cl)cc3)c2c1. The summed E-state index contributed by atoms with van der Waals surface area (Å²) in [6.07, 6.45) is 2.73. The van der Waals surface area contributed by atoms with Crippen molar-refractivity contribution in [2.45, 2.75) is 6.54 Å². The van der Waals surface area contributed by atoms with Crippen molar-refractivity contribution in [3.8, 4) is 0 Å². The Kier molecular flexibility index (Phi) is 7.52. The predicted octanol–water partition coefficient (Wildman–Crippen LogP) is 2.37. The Morgan fingerprint density at radius 3 is 2.53 bits per heavy atom. The molecule has 186 valence electrons. The van der Waals surface area contributed by atoms with E-state index in [4.69, 9.17) is 16.3 Å². The number of benzene rings is 2. The van der Waals surface area contributed by atoms with Gasteiger partial charge in [-0.25, -0.2) is 4.79 Å². The molecule has 1 aliphatic rings. The van der Waals surface area contributed by atoms with Gasteiger partial charge in [0.25, 0.3) is 17.6 Å². The maximum Gasteiger partial charge on any atom is 0.333 e. The van der Waals surface area contributed by atoms with Crippen molar-refractivity contribution in [2.75, 3.05) is 33.8 Å². The third kappa shape index (κ3) is 5.81. The van der Waals surface area contributed by atoms with E-state index in [0.29, 0.717) is 41.1 Å². The zero-order valence-electron chi connectivity index (χ0n) is 19.8. The van der Waals surface area contributed by atoms with Gasteiger partial charge in [-0.3, -0.25) is 14.4 Å². The van der Waals surface area contributed by atoms with Crippen LogP contribution in [0.2, 0.25) is 5.02 Å². The van der Waals surface area contributed by atoms with Crippen LogP contribution in [0.15, 0.2) is 60.4 Å². The van der Waals surface area contributed by atoms with E-state index in [9.17, 15) is 19.2 Å². The minimum Gasteiger partial charge on any atom is -0.456 e. The van der Waals surface area contributed by atoms with Crippen molar-refractivity contribution in [3.63, 3.8) is 0 Å². The van der Waals surface area contributed by atoms with E-state index in [2.05, 4.69) is 10.6 Å². The van der Waals surface area contributed by atoms with Gasteiger partial charge in [0.1, 0.15) is 6.61 Å². The number of aromatic nitrogens is 1. The van der Waals surface area contributed by atoms with Crippen molar-refractivity contribution >= 4 is 46.1 Å². The minimum absolute atomic E-state index is 0.0948. The lowest BCUT2D eigenvalue weighted by Crippen LogP contribution is -2.31. The Morgan fingerprint density at radius 2 is 1.86 bits per heavy atom. The van der Waals surface area contributed by atoms with E-state index in [1.54, 1.807) is 36.5 Å². The largest absolute Gasteiger partial charge is 0.456 e. The normalized spacial score (nSPS) is 13.0. The van der Waals surface area contributed by atoms with Crippen molar-refractivity contribution in [1.82, 2.24) is 20.1 Å². The van der Waals surface area contributed by atoms with Crippen LogP contribution >= 0.6 is 11.6 Å². The van der Waals surface area contributed by atoms with E-state index in [1.807, 2.05) is 35.7 Å². The molecule has 2 heterocycles. The van der Waals surface area contributed by atoms with E-state index in [-0.39, 0.29) is 23.8 Å². The molecule has 0 saturated heterocycles. The van der Waals surface area contributed by atoms with Crippen LogP contribution in [0.4, 0.5) is 0 Å². The van der Waals surface area contributed by atoms with Crippen molar-refractivity contribution in [2.24, 2.45) is 0 Å². The summed E-state index contributed by atoms with van der Waals surface area (Å²) in [6.45, 7) is 1.48. The third-order valence-corrected chi connectivity index (χ3v) is 5.89. The van der Waals surface area contributed by atoms with Crippen LogP contribution in [-0.4, -0.2) is 66.8 Å². The van der Waals surface area contributed by atoms with Crippen molar-refractivity contribution in [3.05, 3.63) is 82.1 Å². The van der Waals surface area contributed by atoms with Gasteiger partial charge in [0, 0.05) is 53.4 Å². The van der Waals surface area contributed by atoms with Crippen LogP contribution in [-0.2, 0) is 20.9 Å². The molecule has 0 bridgehead atoms. The number of hydrogen-bond acceptors (Lipinski definition) is 6. The van der Waals surface area contributed by atoms with Crippen molar-refractivity contribution < 1.29 is 23.9 Å². The van der Waals surface area contributed by atoms with E-state index in [0.717, 1.165) is 11.6 Å². The number of hydrogen-bond donors (Lipinski definition) is 2. The van der Waals surface area contributed by atoms with Crippen molar-refractivity contribution in [1.29, 1.82) is 0 Å². The Labute approximate surface area is 212 Å². The second-order valence-corrected chi connectivity index (χ2v) is 9.09. The molecule has 1 aromatic heterocycles. The van der Waals surface area contributed by atoms with Gasteiger partial charge in [-0.15, -0.1) is 0 Å². The Balaban J connectivity index is 1.66. The lowest BCUT2D eigenvalue weighted by atomic mass is 10.1. The average Bonchev–Trinajstić information content (AvgIpc) is 3.42. The molecule has 9 nitrogen and oxygen atoms in total. The number of halogens is 1. The van der Waals surface area contributed by atoms with E-state index >= 15 is 0 Å². The summed E-state index contributed by atoms with van der Waals surface area (Å²) in [5.41, 5.74) is 2.39. The average molecular weight is 509 g/mol. The molecule has 2 aromatic carbocycles. The topological polar surface area (TPSA) is 110 Å². The zero-order chi connectivity index (χ0) is 25.8. The first-order valence-corrected chi connectivity index (χ1v) is 11.6. The number of ether oxygens (including phenoxy) is 1. The number of esters is 1. The lowest BCUT2D eigenvalue weighted by molar-refractivity contribution is -0.135. The highest BCUT2D eigenvalue weighted by atomic mass is 35.5. The van der Waals surface area contributed by atoms with E-state index in [1.165, 1.54) is 0 Å². The molecule has 36 heavy (non-hydrogen) atoms. The van der Waals surface area contributed by atoms with Gasteiger partial charge in [-0.1, -0.05) is 29.8 Å². The molecular weight excluding hydrogens is 484 g/mol. The number of nitrogens with zero attached hydrogens (tertiary/aromatic N) is 2. The number of Topliss-reactive ketones (excluding diaryl/α,β-unsaturated/α-hetero) is 1. The van der Waals surface area contributed by atoms with Gasteiger partial charge in [0.2, 0.25) is 0 Å². The molecule has 1 aliphatic heterocycles. The molecule has 0 aliphatic carbocycles. The molecule has 0 saturated carbocycles. The summed E-state index contributed by atoms with van der Waals surface area (Å²) < 4.78 is 6.58. The van der Waals surface area contributed by atoms with Crippen LogP contribution in [0.3, 0.4) is 0 Å². The zero-order valence-corrected chi connectivity index (χ0v) is 20.6. The highest BCUT2D eigenvalue weighted by Gasteiger charge is 2.25. The second-order valence-electron chi connectivity index (χ2n) is 8.65. The molecule has 4 rings (SSSR count). The number of carbonyl (C=O) groups is 4.